The number of nitrogens with one attached hydrogen (secondary N) is 1. The Balaban J connectivity index is 1.63. The summed E-state index contributed by atoms with van der Waals surface area (Å²) in [5, 5.41) is 5.31. The first kappa shape index (κ1) is 16.2. The van der Waals surface area contributed by atoms with Gasteiger partial charge >= 0.3 is 0 Å². The Morgan fingerprint density at radius 3 is 2.71 bits per heavy atom. The van der Waals surface area contributed by atoms with Crippen molar-refractivity contribution >= 4 is 22.4 Å². The van der Waals surface area contributed by atoms with Gasteiger partial charge in [-0.1, -0.05) is 42.5 Å². The lowest BCUT2D eigenvalue weighted by molar-refractivity contribution is -0.122. The van der Waals surface area contributed by atoms with Gasteiger partial charge in [-0.25, -0.2) is 4.98 Å². The van der Waals surface area contributed by atoms with E-state index in [4.69, 9.17) is 4.74 Å². The summed E-state index contributed by atoms with van der Waals surface area (Å²) in [5.74, 6) is 0.465. The van der Waals surface area contributed by atoms with Crippen molar-refractivity contribution < 1.29 is 9.53 Å². The average molecular weight is 338 g/mol. The molecule has 4 nitrogen and oxygen atoms in total. The van der Waals surface area contributed by atoms with Gasteiger partial charge in [-0.3, -0.25) is 10.1 Å². The third-order valence-electron chi connectivity index (χ3n) is 3.48. The zero-order valence-electron chi connectivity index (χ0n) is 13.5. The second-order valence-corrected chi connectivity index (χ2v) is 6.33. The quantitative estimate of drug-likeness (QED) is 0.744. The van der Waals surface area contributed by atoms with Crippen LogP contribution in [-0.4, -0.2) is 17.0 Å². The highest BCUT2D eigenvalue weighted by Gasteiger charge is 2.16. The Labute approximate surface area is 145 Å². The molecule has 3 aromatic rings. The zero-order valence-corrected chi connectivity index (χ0v) is 14.3. The van der Waals surface area contributed by atoms with Gasteiger partial charge in [-0.15, -0.1) is 11.3 Å². The lowest BCUT2D eigenvalue weighted by Crippen LogP contribution is -2.30. The summed E-state index contributed by atoms with van der Waals surface area (Å²) in [5.41, 5.74) is 2.97. The fourth-order valence-corrected chi connectivity index (χ4v) is 2.95. The van der Waals surface area contributed by atoms with Crippen LogP contribution in [0.1, 0.15) is 12.5 Å². The van der Waals surface area contributed by atoms with E-state index in [9.17, 15) is 4.79 Å². The lowest BCUT2D eigenvalue weighted by Gasteiger charge is -2.14. The molecule has 1 heterocycles. The van der Waals surface area contributed by atoms with Crippen LogP contribution in [0.25, 0.3) is 11.3 Å². The number of rotatable bonds is 5. The Bertz CT molecular complexity index is 830. The zero-order chi connectivity index (χ0) is 16.9. The van der Waals surface area contributed by atoms with E-state index in [1.165, 1.54) is 11.3 Å². The SMILES string of the molecule is Cc1cccc(OC(C)C(=O)Nc2nc(-c3ccccc3)cs2)c1. The smallest absolute Gasteiger partial charge is 0.266 e. The number of hydrogen-bond acceptors (Lipinski definition) is 4. The Morgan fingerprint density at radius 1 is 1.17 bits per heavy atom. The molecule has 1 unspecified atom stereocenters. The fraction of sp³-hybridized carbons (Fsp3) is 0.158. The molecule has 24 heavy (non-hydrogen) atoms. The molecule has 2 aromatic carbocycles. The maximum Gasteiger partial charge on any atom is 0.266 e. The van der Waals surface area contributed by atoms with Crippen LogP contribution < -0.4 is 10.1 Å². The Morgan fingerprint density at radius 2 is 1.96 bits per heavy atom. The summed E-state index contributed by atoms with van der Waals surface area (Å²) in [4.78, 5) is 16.7. The average Bonchev–Trinajstić information content (AvgIpc) is 3.04. The molecule has 1 N–H and O–H groups in total. The van der Waals surface area contributed by atoms with Gasteiger partial charge in [0.25, 0.3) is 5.91 Å². The molecule has 1 amide bonds. The summed E-state index contributed by atoms with van der Waals surface area (Å²) >= 11 is 1.40. The van der Waals surface area contributed by atoms with Gasteiger partial charge in [0.15, 0.2) is 11.2 Å². The predicted octanol–water partition coefficient (Wildman–Crippen LogP) is 4.52. The van der Waals surface area contributed by atoms with Crippen LogP contribution in [-0.2, 0) is 4.79 Å². The summed E-state index contributed by atoms with van der Waals surface area (Å²) < 4.78 is 5.69. The molecule has 0 radical (unpaired) electrons. The van der Waals surface area contributed by atoms with Gasteiger partial charge in [-0.05, 0) is 31.5 Å². The van der Waals surface area contributed by atoms with Crippen LogP contribution in [0.5, 0.6) is 5.75 Å². The van der Waals surface area contributed by atoms with Crippen LogP contribution in [0.4, 0.5) is 5.13 Å². The van der Waals surface area contributed by atoms with Gasteiger partial charge < -0.3 is 4.74 Å². The highest BCUT2D eigenvalue weighted by Crippen LogP contribution is 2.25. The number of anilines is 1. The first-order chi connectivity index (χ1) is 11.6. The molecular weight excluding hydrogens is 320 g/mol. The van der Waals surface area contributed by atoms with E-state index in [2.05, 4.69) is 10.3 Å². The minimum absolute atomic E-state index is 0.217. The van der Waals surface area contributed by atoms with Gasteiger partial charge in [0, 0.05) is 10.9 Å². The standard InChI is InChI=1S/C19H18N2O2S/c1-13-7-6-10-16(11-13)23-14(2)18(22)21-19-20-17(12-24-19)15-8-4-3-5-9-15/h3-12,14H,1-2H3,(H,20,21,22). The minimum atomic E-state index is -0.601. The van der Waals surface area contributed by atoms with Crippen molar-refractivity contribution in [2.75, 3.05) is 5.32 Å². The number of carbonyl (C=O) groups excluding carboxylic acids is 1. The number of aryl methyl sites for hydroxylation is 1. The Hall–Kier alpha value is -2.66. The molecule has 122 valence electrons. The van der Waals surface area contributed by atoms with E-state index in [1.54, 1.807) is 6.92 Å². The number of carbonyl (C=O) groups is 1. The maximum atomic E-state index is 12.3. The van der Waals surface area contributed by atoms with E-state index in [0.717, 1.165) is 16.8 Å². The third-order valence-corrected chi connectivity index (χ3v) is 4.23. The normalized spacial score (nSPS) is 11.8. The summed E-state index contributed by atoms with van der Waals surface area (Å²) in [7, 11) is 0. The molecule has 0 saturated carbocycles. The van der Waals surface area contributed by atoms with Crippen LogP contribution in [0.15, 0.2) is 60.0 Å². The maximum absolute atomic E-state index is 12.3. The topological polar surface area (TPSA) is 51.2 Å². The van der Waals surface area contributed by atoms with Gasteiger partial charge in [0.1, 0.15) is 5.75 Å². The number of amides is 1. The number of thiazole rings is 1. The Kier molecular flexibility index (Phi) is 4.91. The molecule has 0 bridgehead atoms. The van der Waals surface area contributed by atoms with Crippen molar-refractivity contribution in [3.05, 3.63) is 65.5 Å². The van der Waals surface area contributed by atoms with Crippen molar-refractivity contribution in [3.8, 4) is 17.0 Å². The van der Waals surface area contributed by atoms with E-state index in [-0.39, 0.29) is 5.91 Å². The number of aromatic nitrogens is 1. The number of nitrogens with zero attached hydrogens (tertiary/aromatic N) is 1. The van der Waals surface area contributed by atoms with E-state index in [1.807, 2.05) is 66.9 Å². The molecule has 3 rings (SSSR count). The molecule has 0 aliphatic heterocycles. The molecule has 0 aliphatic carbocycles. The summed E-state index contributed by atoms with van der Waals surface area (Å²) in [6, 6.07) is 17.5. The van der Waals surface area contributed by atoms with Crippen LogP contribution in [0, 0.1) is 6.92 Å². The van der Waals surface area contributed by atoms with E-state index >= 15 is 0 Å². The van der Waals surface area contributed by atoms with Gasteiger partial charge in [-0.2, -0.15) is 0 Å². The lowest BCUT2D eigenvalue weighted by atomic mass is 10.2. The summed E-state index contributed by atoms with van der Waals surface area (Å²) in [6.45, 7) is 3.71. The molecule has 1 atom stereocenters. The molecule has 5 heteroatoms. The molecule has 1 aromatic heterocycles. The molecular formula is C19H18N2O2S. The second-order valence-electron chi connectivity index (χ2n) is 5.47. The van der Waals surface area contributed by atoms with Gasteiger partial charge in [0.05, 0.1) is 5.69 Å². The van der Waals surface area contributed by atoms with Crippen LogP contribution >= 0.6 is 11.3 Å². The predicted molar refractivity (Wildman–Crippen MR) is 97.4 cm³/mol. The van der Waals surface area contributed by atoms with Crippen molar-refractivity contribution in [1.29, 1.82) is 0 Å². The number of ether oxygens (including phenoxy) is 1. The monoisotopic (exact) mass is 338 g/mol. The highest BCUT2D eigenvalue weighted by molar-refractivity contribution is 7.14. The van der Waals surface area contributed by atoms with Gasteiger partial charge in [0.2, 0.25) is 0 Å². The first-order valence-electron chi connectivity index (χ1n) is 7.67. The van der Waals surface area contributed by atoms with Crippen molar-refractivity contribution in [2.24, 2.45) is 0 Å². The van der Waals surface area contributed by atoms with Crippen molar-refractivity contribution in [2.45, 2.75) is 20.0 Å². The molecule has 0 aliphatic rings. The van der Waals surface area contributed by atoms with Crippen molar-refractivity contribution in [1.82, 2.24) is 4.98 Å². The van der Waals surface area contributed by atoms with Crippen LogP contribution in [0.2, 0.25) is 0 Å². The number of benzene rings is 2. The van der Waals surface area contributed by atoms with Crippen LogP contribution in [0.3, 0.4) is 0 Å². The third kappa shape index (κ3) is 4.00. The molecule has 0 saturated heterocycles. The minimum Gasteiger partial charge on any atom is -0.481 e. The van der Waals surface area contributed by atoms with Crippen molar-refractivity contribution in [3.63, 3.8) is 0 Å². The second kappa shape index (κ2) is 7.27. The largest absolute Gasteiger partial charge is 0.481 e. The first-order valence-corrected chi connectivity index (χ1v) is 8.55. The van der Waals surface area contributed by atoms with E-state index in [0.29, 0.717) is 10.9 Å². The van der Waals surface area contributed by atoms with E-state index < -0.39 is 6.10 Å². The molecule has 0 spiro atoms. The number of hydrogen-bond donors (Lipinski definition) is 1. The summed E-state index contributed by atoms with van der Waals surface area (Å²) in [6.07, 6.45) is -0.601. The fourth-order valence-electron chi connectivity index (χ4n) is 2.23. The highest BCUT2D eigenvalue weighted by atomic mass is 32.1. The molecule has 0 fully saturated rings.